The molecule has 2 N–H and O–H groups in total. The Morgan fingerprint density at radius 2 is 1.96 bits per heavy atom. The lowest BCUT2D eigenvalue weighted by molar-refractivity contribution is 0.0910. The highest BCUT2D eigenvalue weighted by atomic mass is 16.5. The highest BCUT2D eigenvalue weighted by Gasteiger charge is 2.18. The molecule has 1 aromatic heterocycles. The number of aliphatic hydroxyl groups is 1. The van der Waals surface area contributed by atoms with Crippen molar-refractivity contribution in [3.8, 4) is 11.4 Å². The number of benzene rings is 2. The fourth-order valence-electron chi connectivity index (χ4n) is 2.76. The van der Waals surface area contributed by atoms with Crippen molar-refractivity contribution in [3.63, 3.8) is 0 Å². The third-order valence-electron chi connectivity index (χ3n) is 4.31. The number of aryl methyl sites for hydroxylation is 1. The van der Waals surface area contributed by atoms with Crippen molar-refractivity contribution in [3.05, 3.63) is 71.0 Å². The zero-order valence-electron chi connectivity index (χ0n) is 15.5. The Hall–Kier alpha value is -3.19. The first-order chi connectivity index (χ1) is 13.0. The topological polar surface area (TPSA) is 89.3 Å². The lowest BCUT2D eigenvalue weighted by Gasteiger charge is -2.12. The predicted molar refractivity (Wildman–Crippen MR) is 101 cm³/mol. The number of aromatic nitrogens is 3. The van der Waals surface area contributed by atoms with Crippen molar-refractivity contribution in [2.24, 2.45) is 0 Å². The van der Waals surface area contributed by atoms with Gasteiger partial charge in [-0.25, -0.2) is 4.68 Å². The number of rotatable bonds is 6. The monoisotopic (exact) mass is 366 g/mol. The molecule has 7 heteroatoms. The molecule has 0 saturated carbocycles. The fraction of sp³-hybridized carbons (Fsp3) is 0.250. The molecule has 0 aliphatic rings. The van der Waals surface area contributed by atoms with Gasteiger partial charge in [-0.3, -0.25) is 4.79 Å². The van der Waals surface area contributed by atoms with Crippen molar-refractivity contribution in [1.29, 1.82) is 0 Å². The molecule has 0 radical (unpaired) electrons. The van der Waals surface area contributed by atoms with Crippen molar-refractivity contribution >= 4 is 5.91 Å². The van der Waals surface area contributed by atoms with E-state index < -0.39 is 6.10 Å². The molecule has 27 heavy (non-hydrogen) atoms. The van der Waals surface area contributed by atoms with Gasteiger partial charge < -0.3 is 15.2 Å². The maximum absolute atomic E-state index is 12.5. The van der Waals surface area contributed by atoms with E-state index in [1.165, 1.54) is 0 Å². The molecule has 0 bridgehead atoms. The normalized spacial score (nSPS) is 11.9. The van der Waals surface area contributed by atoms with Crippen LogP contribution in [0.25, 0.3) is 5.69 Å². The van der Waals surface area contributed by atoms with Gasteiger partial charge in [-0.1, -0.05) is 29.5 Å². The van der Waals surface area contributed by atoms with E-state index in [9.17, 15) is 9.90 Å². The van der Waals surface area contributed by atoms with Gasteiger partial charge in [0.1, 0.15) is 5.75 Å². The van der Waals surface area contributed by atoms with E-state index in [-0.39, 0.29) is 18.1 Å². The van der Waals surface area contributed by atoms with Crippen LogP contribution in [0.15, 0.2) is 48.5 Å². The van der Waals surface area contributed by atoms with Gasteiger partial charge in [0.05, 0.1) is 24.6 Å². The molecule has 0 spiro atoms. The minimum Gasteiger partial charge on any atom is -0.497 e. The van der Waals surface area contributed by atoms with Crippen LogP contribution in [-0.2, 0) is 0 Å². The molecule has 0 fully saturated rings. The van der Waals surface area contributed by atoms with Crippen LogP contribution in [0.4, 0.5) is 0 Å². The zero-order valence-corrected chi connectivity index (χ0v) is 15.5. The van der Waals surface area contributed by atoms with Gasteiger partial charge in [0, 0.05) is 6.54 Å². The predicted octanol–water partition coefficient (Wildman–Crippen LogP) is 2.36. The summed E-state index contributed by atoms with van der Waals surface area (Å²) in [7, 11) is 1.58. The third-order valence-corrected chi connectivity index (χ3v) is 4.31. The number of amides is 1. The highest BCUT2D eigenvalue weighted by Crippen LogP contribution is 2.17. The van der Waals surface area contributed by atoms with Gasteiger partial charge in [-0.2, -0.15) is 0 Å². The van der Waals surface area contributed by atoms with E-state index in [1.54, 1.807) is 43.0 Å². The number of carbonyl (C=O) groups excluding carboxylic acids is 1. The molecule has 2 aromatic carbocycles. The Kier molecular flexibility index (Phi) is 5.52. The van der Waals surface area contributed by atoms with Crippen molar-refractivity contribution in [2.45, 2.75) is 20.0 Å². The summed E-state index contributed by atoms with van der Waals surface area (Å²) < 4.78 is 6.72. The van der Waals surface area contributed by atoms with Crippen LogP contribution in [0, 0.1) is 13.8 Å². The molecule has 0 aliphatic carbocycles. The second kappa shape index (κ2) is 8.01. The Morgan fingerprint density at radius 1 is 1.22 bits per heavy atom. The smallest absolute Gasteiger partial charge is 0.273 e. The van der Waals surface area contributed by atoms with E-state index in [2.05, 4.69) is 15.6 Å². The molecule has 1 heterocycles. The molecule has 1 amide bonds. The largest absolute Gasteiger partial charge is 0.497 e. The summed E-state index contributed by atoms with van der Waals surface area (Å²) in [6, 6.07) is 14.8. The number of aliphatic hydroxyl groups excluding tert-OH is 1. The summed E-state index contributed by atoms with van der Waals surface area (Å²) in [5.41, 5.74) is 3.50. The van der Waals surface area contributed by atoms with Crippen LogP contribution in [0.5, 0.6) is 5.75 Å². The minimum absolute atomic E-state index is 0.0713. The Labute approximate surface area is 157 Å². The average molecular weight is 366 g/mol. The molecular weight excluding hydrogens is 344 g/mol. The summed E-state index contributed by atoms with van der Waals surface area (Å²) in [5.74, 6) is 0.331. The summed E-state index contributed by atoms with van der Waals surface area (Å²) in [4.78, 5) is 12.5. The maximum atomic E-state index is 12.5. The number of carbonyl (C=O) groups is 1. The van der Waals surface area contributed by atoms with Crippen LogP contribution in [-0.4, -0.2) is 39.7 Å². The molecule has 3 rings (SSSR count). The van der Waals surface area contributed by atoms with Crippen LogP contribution in [0.2, 0.25) is 0 Å². The van der Waals surface area contributed by atoms with Crippen molar-refractivity contribution in [1.82, 2.24) is 20.3 Å². The SMILES string of the molecule is COc1ccc(C(O)CNC(=O)c2nnn(-c3cccc(C)c3)c2C)cc1. The van der Waals surface area contributed by atoms with E-state index in [1.807, 2.05) is 31.2 Å². The summed E-state index contributed by atoms with van der Waals surface area (Å²) in [5, 5.41) is 21.1. The summed E-state index contributed by atoms with van der Waals surface area (Å²) in [6.45, 7) is 3.85. The molecule has 0 aliphatic heterocycles. The summed E-state index contributed by atoms with van der Waals surface area (Å²) in [6.07, 6.45) is -0.827. The van der Waals surface area contributed by atoms with Gasteiger partial charge in [-0.05, 0) is 49.2 Å². The standard InChI is InChI=1S/C20H22N4O3/c1-13-5-4-6-16(11-13)24-14(2)19(22-23-24)20(26)21-12-18(25)15-7-9-17(27-3)10-8-15/h4-11,18,25H,12H2,1-3H3,(H,21,26). The molecule has 0 saturated heterocycles. The molecule has 1 atom stereocenters. The first-order valence-corrected chi connectivity index (χ1v) is 8.59. The van der Waals surface area contributed by atoms with E-state index >= 15 is 0 Å². The van der Waals surface area contributed by atoms with Crippen LogP contribution in [0.1, 0.15) is 33.4 Å². The third kappa shape index (κ3) is 4.15. The van der Waals surface area contributed by atoms with Gasteiger partial charge in [0.25, 0.3) is 5.91 Å². The number of hydrogen-bond donors (Lipinski definition) is 2. The second-order valence-corrected chi connectivity index (χ2v) is 6.27. The summed E-state index contributed by atoms with van der Waals surface area (Å²) >= 11 is 0. The van der Waals surface area contributed by atoms with E-state index in [0.29, 0.717) is 17.0 Å². The molecule has 140 valence electrons. The minimum atomic E-state index is -0.827. The van der Waals surface area contributed by atoms with Gasteiger partial charge in [-0.15, -0.1) is 5.10 Å². The molecular formula is C20H22N4O3. The number of ether oxygens (including phenoxy) is 1. The second-order valence-electron chi connectivity index (χ2n) is 6.27. The Balaban J connectivity index is 1.67. The van der Waals surface area contributed by atoms with Crippen LogP contribution >= 0.6 is 0 Å². The average Bonchev–Trinajstić information content (AvgIpc) is 3.07. The first-order valence-electron chi connectivity index (χ1n) is 8.59. The quantitative estimate of drug-likeness (QED) is 0.699. The fourth-order valence-corrected chi connectivity index (χ4v) is 2.76. The Morgan fingerprint density at radius 3 is 2.63 bits per heavy atom. The van der Waals surface area contributed by atoms with E-state index in [4.69, 9.17) is 4.74 Å². The lowest BCUT2D eigenvalue weighted by Crippen LogP contribution is -2.29. The van der Waals surface area contributed by atoms with Gasteiger partial charge in [0.2, 0.25) is 0 Å². The van der Waals surface area contributed by atoms with Crippen molar-refractivity contribution < 1.29 is 14.6 Å². The number of nitrogens with one attached hydrogen (secondary N) is 1. The van der Waals surface area contributed by atoms with Crippen LogP contribution < -0.4 is 10.1 Å². The van der Waals surface area contributed by atoms with Crippen LogP contribution in [0.3, 0.4) is 0 Å². The number of nitrogens with zero attached hydrogens (tertiary/aromatic N) is 3. The molecule has 7 nitrogen and oxygen atoms in total. The maximum Gasteiger partial charge on any atom is 0.273 e. The molecule has 3 aromatic rings. The lowest BCUT2D eigenvalue weighted by atomic mass is 10.1. The molecule has 1 unspecified atom stereocenters. The number of hydrogen-bond acceptors (Lipinski definition) is 5. The first kappa shape index (κ1) is 18.6. The highest BCUT2D eigenvalue weighted by molar-refractivity contribution is 5.93. The van der Waals surface area contributed by atoms with Gasteiger partial charge >= 0.3 is 0 Å². The Bertz CT molecular complexity index is 935. The zero-order chi connectivity index (χ0) is 19.4. The number of methoxy groups -OCH3 is 1. The van der Waals surface area contributed by atoms with E-state index in [0.717, 1.165) is 11.3 Å². The van der Waals surface area contributed by atoms with Crippen molar-refractivity contribution in [2.75, 3.05) is 13.7 Å². The van der Waals surface area contributed by atoms with Gasteiger partial charge in [0.15, 0.2) is 5.69 Å².